The van der Waals surface area contributed by atoms with Crippen LogP contribution in [0.5, 0.6) is 0 Å². The van der Waals surface area contributed by atoms with Gasteiger partial charge in [0.25, 0.3) is 5.91 Å². The molecule has 2 aromatic carbocycles. The molecule has 0 bridgehead atoms. The van der Waals surface area contributed by atoms with Gasteiger partial charge in [-0.2, -0.15) is 0 Å². The summed E-state index contributed by atoms with van der Waals surface area (Å²) >= 11 is 3.33. The van der Waals surface area contributed by atoms with E-state index in [1.165, 1.54) is 11.0 Å². The second kappa shape index (κ2) is 4.90. The number of nitrogens with one attached hydrogen (secondary N) is 1. The third-order valence-corrected chi connectivity index (χ3v) is 3.90. The number of fused-ring (bicyclic) bond motifs is 1. The maximum Gasteiger partial charge on any atom is 0.257 e. The van der Waals surface area contributed by atoms with Gasteiger partial charge in [-0.3, -0.25) is 4.79 Å². The fraction of sp³-hybridized carbons (Fsp3) is 0.133. The minimum absolute atomic E-state index is 0.122. The lowest BCUT2D eigenvalue weighted by Gasteiger charge is -2.35. The van der Waals surface area contributed by atoms with Gasteiger partial charge in [0.1, 0.15) is 12.0 Å². The average molecular weight is 335 g/mol. The van der Waals surface area contributed by atoms with Crippen LogP contribution in [0.2, 0.25) is 0 Å². The second-order valence-electron chi connectivity index (χ2n) is 4.67. The molecule has 3 rings (SSSR count). The Kier molecular flexibility index (Phi) is 3.22. The van der Waals surface area contributed by atoms with Gasteiger partial charge in [0.05, 0.1) is 5.56 Å². The van der Waals surface area contributed by atoms with Crippen LogP contribution in [0.1, 0.15) is 22.1 Å². The molecule has 0 radical (unpaired) electrons. The predicted octanol–water partition coefficient (Wildman–Crippen LogP) is 3.78. The molecule has 1 heterocycles. The molecule has 102 valence electrons. The fourth-order valence-corrected chi connectivity index (χ4v) is 2.74. The van der Waals surface area contributed by atoms with E-state index >= 15 is 0 Å². The van der Waals surface area contributed by atoms with Crippen molar-refractivity contribution in [2.45, 2.75) is 6.17 Å². The van der Waals surface area contributed by atoms with Gasteiger partial charge in [0, 0.05) is 22.8 Å². The smallest absolute Gasteiger partial charge is 0.257 e. The molecule has 0 aliphatic carbocycles. The van der Waals surface area contributed by atoms with Crippen molar-refractivity contribution in [1.82, 2.24) is 4.90 Å². The Morgan fingerprint density at radius 1 is 1.25 bits per heavy atom. The highest BCUT2D eigenvalue weighted by molar-refractivity contribution is 9.10. The lowest BCUT2D eigenvalue weighted by Crippen LogP contribution is -2.40. The van der Waals surface area contributed by atoms with E-state index in [-0.39, 0.29) is 11.7 Å². The Morgan fingerprint density at radius 3 is 2.80 bits per heavy atom. The minimum Gasteiger partial charge on any atom is -0.361 e. The van der Waals surface area contributed by atoms with Crippen LogP contribution < -0.4 is 5.32 Å². The zero-order valence-electron chi connectivity index (χ0n) is 10.7. The third kappa shape index (κ3) is 2.08. The van der Waals surface area contributed by atoms with E-state index in [0.717, 1.165) is 10.2 Å². The number of carbonyl (C=O) groups is 1. The first-order valence-electron chi connectivity index (χ1n) is 6.15. The summed E-state index contributed by atoms with van der Waals surface area (Å²) in [5.74, 6) is -0.464. The van der Waals surface area contributed by atoms with Gasteiger partial charge in [0.2, 0.25) is 0 Å². The first-order chi connectivity index (χ1) is 9.58. The molecule has 0 spiro atoms. The van der Waals surface area contributed by atoms with Crippen molar-refractivity contribution in [3.05, 3.63) is 63.9 Å². The highest BCUT2D eigenvalue weighted by atomic mass is 79.9. The first kappa shape index (κ1) is 13.1. The van der Waals surface area contributed by atoms with Crippen molar-refractivity contribution >= 4 is 27.5 Å². The van der Waals surface area contributed by atoms with Crippen LogP contribution in [0.15, 0.2) is 46.9 Å². The summed E-state index contributed by atoms with van der Waals surface area (Å²) in [6.45, 7) is 0. The zero-order chi connectivity index (χ0) is 14.3. The lowest BCUT2D eigenvalue weighted by molar-refractivity contribution is 0.0733. The van der Waals surface area contributed by atoms with Crippen LogP contribution in [0.3, 0.4) is 0 Å². The normalized spacial score (nSPS) is 17.6. The van der Waals surface area contributed by atoms with E-state index in [1.54, 1.807) is 25.2 Å². The molecule has 1 atom stereocenters. The van der Waals surface area contributed by atoms with Gasteiger partial charge in [-0.25, -0.2) is 4.39 Å². The predicted molar refractivity (Wildman–Crippen MR) is 79.0 cm³/mol. The Morgan fingerprint density at radius 2 is 2.00 bits per heavy atom. The number of carbonyl (C=O) groups excluding carboxylic acids is 1. The fourth-order valence-electron chi connectivity index (χ4n) is 2.36. The van der Waals surface area contributed by atoms with E-state index in [4.69, 9.17) is 0 Å². The molecule has 5 heteroatoms. The Balaban J connectivity index is 2.08. The standard InChI is InChI=1S/C15H12BrFN2O/c1-19-14(11-8-9(16)6-7-12(11)17)18-13-5-3-2-4-10(13)15(19)20/h2-8,14,18H,1H3. The summed E-state index contributed by atoms with van der Waals surface area (Å²) in [7, 11) is 1.66. The van der Waals surface area contributed by atoms with Crippen LogP contribution in [-0.4, -0.2) is 17.9 Å². The summed E-state index contributed by atoms with van der Waals surface area (Å²) in [4.78, 5) is 13.9. The van der Waals surface area contributed by atoms with Gasteiger partial charge >= 0.3 is 0 Å². The van der Waals surface area contributed by atoms with Gasteiger partial charge in [0.15, 0.2) is 0 Å². The van der Waals surface area contributed by atoms with Crippen molar-refractivity contribution in [1.29, 1.82) is 0 Å². The highest BCUT2D eigenvalue weighted by Crippen LogP contribution is 2.33. The molecular weight excluding hydrogens is 323 g/mol. The Labute approximate surface area is 124 Å². The molecule has 0 saturated carbocycles. The molecule has 1 aliphatic rings. The Hall–Kier alpha value is -1.88. The Bertz CT molecular complexity index is 689. The van der Waals surface area contributed by atoms with Crippen LogP contribution in [-0.2, 0) is 0 Å². The number of rotatable bonds is 1. The van der Waals surface area contributed by atoms with Crippen molar-refractivity contribution in [2.24, 2.45) is 0 Å². The molecule has 3 nitrogen and oxygen atoms in total. The van der Waals surface area contributed by atoms with Crippen molar-refractivity contribution in [3.8, 4) is 0 Å². The summed E-state index contributed by atoms with van der Waals surface area (Å²) < 4.78 is 14.8. The molecule has 0 aromatic heterocycles. The van der Waals surface area contributed by atoms with Gasteiger partial charge in [-0.15, -0.1) is 0 Å². The number of nitrogens with zero attached hydrogens (tertiary/aromatic N) is 1. The number of anilines is 1. The van der Waals surface area contributed by atoms with E-state index in [2.05, 4.69) is 21.2 Å². The molecule has 1 aliphatic heterocycles. The molecule has 0 fully saturated rings. The monoisotopic (exact) mass is 334 g/mol. The summed E-state index contributed by atoms with van der Waals surface area (Å²) in [5.41, 5.74) is 1.76. The van der Waals surface area contributed by atoms with Crippen LogP contribution >= 0.6 is 15.9 Å². The maximum absolute atomic E-state index is 14.0. The number of benzene rings is 2. The number of hydrogen-bond acceptors (Lipinski definition) is 2. The molecule has 20 heavy (non-hydrogen) atoms. The number of amides is 1. The van der Waals surface area contributed by atoms with Crippen molar-refractivity contribution < 1.29 is 9.18 Å². The number of hydrogen-bond donors (Lipinski definition) is 1. The molecular formula is C15H12BrFN2O. The maximum atomic E-state index is 14.0. The SMILES string of the molecule is CN1C(=O)c2ccccc2NC1c1cc(Br)ccc1F. The summed E-state index contributed by atoms with van der Waals surface area (Å²) in [5, 5.41) is 3.21. The van der Waals surface area contributed by atoms with Crippen molar-refractivity contribution in [2.75, 3.05) is 12.4 Å². The highest BCUT2D eigenvalue weighted by Gasteiger charge is 2.31. The van der Waals surface area contributed by atoms with E-state index in [1.807, 2.05) is 18.2 Å². The van der Waals surface area contributed by atoms with E-state index in [9.17, 15) is 9.18 Å². The van der Waals surface area contributed by atoms with Crippen LogP contribution in [0.25, 0.3) is 0 Å². The molecule has 1 unspecified atom stereocenters. The molecule has 1 amide bonds. The average Bonchev–Trinajstić information content (AvgIpc) is 2.46. The minimum atomic E-state index is -0.519. The molecule has 1 N–H and O–H groups in total. The summed E-state index contributed by atoms with van der Waals surface area (Å²) in [6.07, 6.45) is -0.519. The van der Waals surface area contributed by atoms with Gasteiger partial charge in [-0.05, 0) is 30.3 Å². The van der Waals surface area contributed by atoms with E-state index < -0.39 is 6.17 Å². The lowest BCUT2D eigenvalue weighted by atomic mass is 10.0. The number of para-hydroxylation sites is 1. The molecule has 0 saturated heterocycles. The zero-order valence-corrected chi connectivity index (χ0v) is 12.3. The quantitative estimate of drug-likeness (QED) is 0.860. The van der Waals surface area contributed by atoms with Crippen LogP contribution in [0.4, 0.5) is 10.1 Å². The largest absolute Gasteiger partial charge is 0.361 e. The van der Waals surface area contributed by atoms with Gasteiger partial charge < -0.3 is 10.2 Å². The van der Waals surface area contributed by atoms with E-state index in [0.29, 0.717) is 11.1 Å². The third-order valence-electron chi connectivity index (χ3n) is 3.41. The topological polar surface area (TPSA) is 32.3 Å². The second-order valence-corrected chi connectivity index (χ2v) is 5.59. The van der Waals surface area contributed by atoms with Gasteiger partial charge in [-0.1, -0.05) is 28.1 Å². The molecule has 2 aromatic rings. The number of halogens is 2. The van der Waals surface area contributed by atoms with Crippen LogP contribution in [0, 0.1) is 5.82 Å². The van der Waals surface area contributed by atoms with Crippen molar-refractivity contribution in [3.63, 3.8) is 0 Å². The summed E-state index contributed by atoms with van der Waals surface area (Å²) in [6, 6.07) is 11.9. The first-order valence-corrected chi connectivity index (χ1v) is 6.95.